The average Bonchev–Trinajstić information content (AvgIpc) is 3.34. The molecule has 0 aliphatic rings. The van der Waals surface area contributed by atoms with Crippen molar-refractivity contribution in [2.24, 2.45) is 0 Å². The maximum atomic E-state index is 12.4. The lowest BCUT2D eigenvalue weighted by atomic mass is 10.0. The number of hydrogen-bond donors (Lipinski definition) is 3. The maximum absolute atomic E-state index is 12.4. The molecule has 0 saturated carbocycles. The van der Waals surface area contributed by atoms with Crippen molar-refractivity contribution in [3.63, 3.8) is 0 Å². The molecule has 2 atom stereocenters. The summed E-state index contributed by atoms with van der Waals surface area (Å²) in [5.41, 5.74) is 0. The van der Waals surface area contributed by atoms with Gasteiger partial charge >= 0.3 is 5.97 Å². The Labute approximate surface area is 424 Å². The first kappa shape index (κ1) is 66.3. The number of rotatable bonds is 57. The predicted molar refractivity (Wildman–Crippen MR) is 296 cm³/mol. The highest BCUT2D eigenvalue weighted by atomic mass is 16.5. The fourth-order valence-electron chi connectivity index (χ4n) is 9.51. The summed E-state index contributed by atoms with van der Waals surface area (Å²) in [4.78, 5) is 24.5. The number of carbonyl (C=O) groups is 2. The van der Waals surface area contributed by atoms with Gasteiger partial charge in [0.2, 0.25) is 5.91 Å². The van der Waals surface area contributed by atoms with E-state index in [1.165, 1.54) is 263 Å². The van der Waals surface area contributed by atoms with E-state index in [0.29, 0.717) is 19.4 Å². The van der Waals surface area contributed by atoms with Crippen LogP contribution in [0.5, 0.6) is 0 Å². The van der Waals surface area contributed by atoms with Crippen molar-refractivity contribution < 1.29 is 24.5 Å². The summed E-state index contributed by atoms with van der Waals surface area (Å²) >= 11 is 0. The minimum absolute atomic E-state index is 0.0134. The van der Waals surface area contributed by atoms with Crippen LogP contribution in [0.1, 0.15) is 335 Å². The number of ether oxygens (including phenoxy) is 1. The van der Waals surface area contributed by atoms with Crippen LogP contribution in [0, 0.1) is 0 Å². The van der Waals surface area contributed by atoms with Gasteiger partial charge in [-0.25, -0.2) is 0 Å². The molecule has 0 radical (unpaired) electrons. The zero-order valence-electron chi connectivity index (χ0n) is 45.9. The fourth-order valence-corrected chi connectivity index (χ4v) is 9.51. The number of amides is 1. The Morgan fingerprint density at radius 3 is 1.04 bits per heavy atom. The van der Waals surface area contributed by atoms with Crippen LogP contribution >= 0.6 is 0 Å². The number of allylic oxidation sites excluding steroid dienone is 3. The zero-order valence-corrected chi connectivity index (χ0v) is 45.9. The highest BCUT2D eigenvalue weighted by Crippen LogP contribution is 2.17. The quantitative estimate of drug-likeness (QED) is 0.0321. The van der Waals surface area contributed by atoms with Crippen molar-refractivity contribution in [2.75, 3.05) is 13.2 Å². The normalized spacial score (nSPS) is 12.7. The molecule has 3 N–H and O–H groups in total. The molecule has 0 aliphatic carbocycles. The highest BCUT2D eigenvalue weighted by molar-refractivity contribution is 5.76. The van der Waals surface area contributed by atoms with Gasteiger partial charge in [-0.2, -0.15) is 0 Å². The largest absolute Gasteiger partial charge is 0.466 e. The number of esters is 1. The van der Waals surface area contributed by atoms with Crippen LogP contribution in [0.4, 0.5) is 0 Å². The highest BCUT2D eigenvalue weighted by Gasteiger charge is 2.18. The Kier molecular flexibility index (Phi) is 56.5. The second kappa shape index (κ2) is 57.9. The third-order valence-electron chi connectivity index (χ3n) is 14.2. The molecular weight excluding hydrogens is 839 g/mol. The van der Waals surface area contributed by atoms with Crippen LogP contribution < -0.4 is 5.32 Å². The molecule has 0 aromatic rings. The smallest absolute Gasteiger partial charge is 0.305 e. The number of hydrogen-bond acceptors (Lipinski definition) is 5. The van der Waals surface area contributed by atoms with Crippen LogP contribution in [0.2, 0.25) is 0 Å². The standard InChI is InChI=1S/C62H119NO5/c1-3-5-7-9-11-13-15-17-30-34-38-42-46-50-54-60(65)59(58-64)63-61(66)55-51-47-43-39-35-31-28-26-24-22-20-19-21-23-25-27-29-33-37-41-45-49-53-57-68-62(67)56-52-48-44-40-36-32-18-16-14-12-10-8-6-4-2/h22,24,50,54,59-60,64-65H,3-21,23,25-49,51-53,55-58H2,1-2H3,(H,63,66)/b24-22-,54-50+. The van der Waals surface area contributed by atoms with Crippen molar-refractivity contribution in [1.82, 2.24) is 5.32 Å². The van der Waals surface area contributed by atoms with Gasteiger partial charge < -0.3 is 20.3 Å². The van der Waals surface area contributed by atoms with Gasteiger partial charge in [-0.3, -0.25) is 9.59 Å². The molecule has 0 spiro atoms. The van der Waals surface area contributed by atoms with Gasteiger partial charge in [0, 0.05) is 12.8 Å². The molecule has 0 aliphatic heterocycles. The van der Waals surface area contributed by atoms with Gasteiger partial charge in [0.05, 0.1) is 25.4 Å². The molecule has 6 heteroatoms. The van der Waals surface area contributed by atoms with Gasteiger partial charge in [-0.1, -0.05) is 289 Å². The summed E-state index contributed by atoms with van der Waals surface area (Å²) in [5, 5.41) is 23.1. The Balaban J connectivity index is 3.42. The maximum Gasteiger partial charge on any atom is 0.305 e. The SMILES string of the molecule is CCCCCCCCCCCCCC/C=C/C(O)C(CO)NC(=O)CCCCCCCCC/C=C\CCCCCCCCCCCCCCOC(=O)CCCCCCCCCCCCCCCC. The van der Waals surface area contributed by atoms with Gasteiger partial charge in [-0.15, -0.1) is 0 Å². The van der Waals surface area contributed by atoms with Crippen molar-refractivity contribution in [2.45, 2.75) is 347 Å². The number of unbranched alkanes of at least 4 members (excludes halogenated alkanes) is 44. The van der Waals surface area contributed by atoms with Crippen LogP contribution in [0.15, 0.2) is 24.3 Å². The van der Waals surface area contributed by atoms with E-state index < -0.39 is 12.1 Å². The number of aliphatic hydroxyl groups excluding tert-OH is 2. The lowest BCUT2D eigenvalue weighted by Crippen LogP contribution is -2.45. The van der Waals surface area contributed by atoms with E-state index >= 15 is 0 Å². The van der Waals surface area contributed by atoms with E-state index in [4.69, 9.17) is 4.74 Å². The Morgan fingerprint density at radius 2 is 0.691 bits per heavy atom. The Morgan fingerprint density at radius 1 is 0.397 bits per heavy atom. The topological polar surface area (TPSA) is 95.9 Å². The third-order valence-corrected chi connectivity index (χ3v) is 14.2. The van der Waals surface area contributed by atoms with E-state index in [9.17, 15) is 19.8 Å². The molecule has 0 aromatic heterocycles. The molecule has 68 heavy (non-hydrogen) atoms. The molecule has 0 fully saturated rings. The molecule has 6 nitrogen and oxygen atoms in total. The van der Waals surface area contributed by atoms with E-state index in [1.54, 1.807) is 6.08 Å². The number of carbonyl (C=O) groups excluding carboxylic acids is 2. The summed E-state index contributed by atoms with van der Waals surface area (Å²) in [5.74, 6) is -0.0597. The lowest BCUT2D eigenvalue weighted by Gasteiger charge is -2.20. The molecule has 0 aromatic carbocycles. The summed E-state index contributed by atoms with van der Waals surface area (Å²) in [6, 6.07) is -0.631. The van der Waals surface area contributed by atoms with Gasteiger partial charge in [0.25, 0.3) is 0 Å². The van der Waals surface area contributed by atoms with Gasteiger partial charge in [0.1, 0.15) is 0 Å². The summed E-state index contributed by atoms with van der Waals surface area (Å²) in [6.07, 6.45) is 70.7. The van der Waals surface area contributed by atoms with Crippen LogP contribution in [-0.4, -0.2) is 47.4 Å². The fraction of sp³-hybridized carbons (Fsp3) is 0.903. The first-order valence-corrected chi connectivity index (χ1v) is 30.6. The van der Waals surface area contributed by atoms with Gasteiger partial charge in [0.15, 0.2) is 0 Å². The van der Waals surface area contributed by atoms with Crippen LogP contribution in [-0.2, 0) is 14.3 Å². The van der Waals surface area contributed by atoms with E-state index in [-0.39, 0.29) is 18.5 Å². The minimum Gasteiger partial charge on any atom is -0.466 e. The number of nitrogens with one attached hydrogen (secondary N) is 1. The molecule has 1 amide bonds. The third kappa shape index (κ3) is 53.7. The first-order valence-electron chi connectivity index (χ1n) is 30.6. The minimum atomic E-state index is -0.847. The monoisotopic (exact) mass is 958 g/mol. The molecule has 0 heterocycles. The summed E-state index contributed by atoms with van der Waals surface area (Å²) in [6.45, 7) is 4.92. The molecule has 402 valence electrons. The first-order chi connectivity index (χ1) is 33.5. The summed E-state index contributed by atoms with van der Waals surface area (Å²) < 4.78 is 5.48. The second-order valence-corrected chi connectivity index (χ2v) is 21.0. The van der Waals surface area contributed by atoms with Crippen molar-refractivity contribution in [3.8, 4) is 0 Å². The molecule has 0 saturated heterocycles. The van der Waals surface area contributed by atoms with Crippen LogP contribution in [0.3, 0.4) is 0 Å². The molecule has 0 bridgehead atoms. The van der Waals surface area contributed by atoms with E-state index in [2.05, 4.69) is 31.3 Å². The molecular formula is C62H119NO5. The Bertz CT molecular complexity index is 1060. The lowest BCUT2D eigenvalue weighted by molar-refractivity contribution is -0.143. The van der Waals surface area contributed by atoms with Crippen molar-refractivity contribution in [3.05, 3.63) is 24.3 Å². The van der Waals surface area contributed by atoms with Crippen LogP contribution in [0.25, 0.3) is 0 Å². The Hall–Kier alpha value is -1.66. The van der Waals surface area contributed by atoms with E-state index in [1.807, 2.05) is 6.08 Å². The van der Waals surface area contributed by atoms with Crippen molar-refractivity contribution in [1.29, 1.82) is 0 Å². The summed E-state index contributed by atoms with van der Waals surface area (Å²) in [7, 11) is 0. The van der Waals surface area contributed by atoms with Crippen molar-refractivity contribution >= 4 is 11.9 Å². The average molecular weight is 959 g/mol. The second-order valence-electron chi connectivity index (χ2n) is 21.0. The van der Waals surface area contributed by atoms with Gasteiger partial charge in [-0.05, 0) is 57.8 Å². The predicted octanol–water partition coefficient (Wildman–Crippen LogP) is 19.0. The zero-order chi connectivity index (χ0) is 49.3. The molecule has 2 unspecified atom stereocenters. The number of aliphatic hydroxyl groups is 2. The molecule has 0 rings (SSSR count). The van der Waals surface area contributed by atoms with E-state index in [0.717, 1.165) is 44.9 Å².